The molecule has 0 fully saturated rings. The van der Waals surface area contributed by atoms with Crippen LogP contribution in [-0.4, -0.2) is 31.1 Å². The fraction of sp³-hybridized carbons (Fsp3) is 0.217. The molecule has 0 aliphatic heterocycles. The van der Waals surface area contributed by atoms with E-state index in [1.807, 2.05) is 30.3 Å². The molecule has 29 heavy (non-hydrogen) atoms. The van der Waals surface area contributed by atoms with Gasteiger partial charge in [0.15, 0.2) is 0 Å². The largest absolute Gasteiger partial charge is 0.496 e. The molecule has 3 rings (SSSR count). The number of hydrogen-bond acceptors (Lipinski definition) is 4. The number of rotatable bonds is 9. The van der Waals surface area contributed by atoms with Crippen LogP contribution in [0.15, 0.2) is 66.9 Å². The van der Waals surface area contributed by atoms with Crippen LogP contribution in [0.25, 0.3) is 0 Å². The number of aromatic nitrogens is 1. The van der Waals surface area contributed by atoms with Gasteiger partial charge in [0.1, 0.15) is 17.3 Å². The summed E-state index contributed by atoms with van der Waals surface area (Å²) in [6, 6.07) is 17.9. The summed E-state index contributed by atoms with van der Waals surface area (Å²) in [7, 11) is 1.63. The molecule has 3 aromatic rings. The normalized spacial score (nSPS) is 10.4. The smallest absolute Gasteiger partial charge is 0.269 e. The van der Waals surface area contributed by atoms with E-state index in [1.54, 1.807) is 37.6 Å². The Labute approximate surface area is 169 Å². The number of ether oxygens (including phenoxy) is 1. The highest BCUT2D eigenvalue weighted by molar-refractivity contribution is 5.93. The summed E-state index contributed by atoms with van der Waals surface area (Å²) >= 11 is 0. The quantitative estimate of drug-likeness (QED) is 0.580. The fourth-order valence-electron chi connectivity index (χ4n) is 3.02. The van der Waals surface area contributed by atoms with Crippen molar-refractivity contribution in [2.75, 3.05) is 25.5 Å². The minimum atomic E-state index is -0.238. The summed E-state index contributed by atoms with van der Waals surface area (Å²) in [6.45, 7) is 1.03. The van der Waals surface area contributed by atoms with Gasteiger partial charge in [-0.15, -0.1) is 0 Å². The Balaban J connectivity index is 1.50. The molecule has 0 aliphatic carbocycles. The molecular weight excluding hydrogens is 369 g/mol. The Bertz CT molecular complexity index is 962. The maximum absolute atomic E-state index is 13.7. The van der Waals surface area contributed by atoms with Crippen molar-refractivity contribution in [3.8, 4) is 5.75 Å². The summed E-state index contributed by atoms with van der Waals surface area (Å²) in [5.74, 6) is 0.359. The summed E-state index contributed by atoms with van der Waals surface area (Å²) in [5.41, 5.74) is 2.79. The first-order valence-corrected chi connectivity index (χ1v) is 9.51. The molecule has 0 saturated carbocycles. The zero-order valence-corrected chi connectivity index (χ0v) is 16.3. The molecule has 0 saturated heterocycles. The number of anilines is 1. The van der Waals surface area contributed by atoms with E-state index in [2.05, 4.69) is 15.6 Å². The van der Waals surface area contributed by atoms with Crippen molar-refractivity contribution in [3.63, 3.8) is 0 Å². The lowest BCUT2D eigenvalue weighted by Gasteiger charge is -2.10. The number of amides is 1. The van der Waals surface area contributed by atoms with E-state index < -0.39 is 0 Å². The summed E-state index contributed by atoms with van der Waals surface area (Å²) in [6.07, 6.45) is 2.80. The van der Waals surface area contributed by atoms with Crippen molar-refractivity contribution in [3.05, 3.63) is 89.5 Å². The van der Waals surface area contributed by atoms with Gasteiger partial charge in [-0.1, -0.05) is 36.4 Å². The number of para-hydroxylation sites is 1. The fourth-order valence-corrected chi connectivity index (χ4v) is 3.02. The lowest BCUT2D eigenvalue weighted by atomic mass is 10.1. The molecule has 5 nitrogen and oxygen atoms in total. The molecule has 1 amide bonds. The van der Waals surface area contributed by atoms with Gasteiger partial charge in [-0.05, 0) is 48.2 Å². The van der Waals surface area contributed by atoms with Gasteiger partial charge in [-0.3, -0.25) is 9.78 Å². The molecule has 0 radical (unpaired) electrons. The Hall–Kier alpha value is -3.41. The first-order chi connectivity index (χ1) is 14.2. The second-order valence-electron chi connectivity index (χ2n) is 6.52. The molecule has 2 N–H and O–H groups in total. The molecule has 1 heterocycles. The van der Waals surface area contributed by atoms with Gasteiger partial charge in [-0.25, -0.2) is 4.39 Å². The molecule has 6 heteroatoms. The maximum atomic E-state index is 13.7. The number of methoxy groups -OCH3 is 1. The molecule has 0 unspecified atom stereocenters. The standard InChI is InChI=1S/C23H24FN3O2/c1-29-22-9-5-3-7-18(22)11-14-27-23(28)21-16-19(12-15-26-21)25-13-10-17-6-2-4-8-20(17)24/h2-9,12,15-16H,10-11,13-14H2,1H3,(H,25,26)(H,27,28). The third-order valence-electron chi connectivity index (χ3n) is 4.55. The van der Waals surface area contributed by atoms with E-state index in [-0.39, 0.29) is 11.7 Å². The number of hydrogen-bond donors (Lipinski definition) is 2. The van der Waals surface area contributed by atoms with Gasteiger partial charge in [0.25, 0.3) is 5.91 Å². The number of carbonyl (C=O) groups is 1. The third-order valence-corrected chi connectivity index (χ3v) is 4.55. The lowest BCUT2D eigenvalue weighted by molar-refractivity contribution is 0.0949. The number of carbonyl (C=O) groups excluding carboxylic acids is 1. The summed E-state index contributed by atoms with van der Waals surface area (Å²) in [4.78, 5) is 16.5. The van der Waals surface area contributed by atoms with Crippen molar-refractivity contribution in [2.24, 2.45) is 0 Å². The average molecular weight is 393 g/mol. The highest BCUT2D eigenvalue weighted by Crippen LogP contribution is 2.17. The van der Waals surface area contributed by atoms with E-state index in [0.29, 0.717) is 37.2 Å². The first kappa shape index (κ1) is 20.3. The maximum Gasteiger partial charge on any atom is 0.269 e. The van der Waals surface area contributed by atoms with Crippen LogP contribution in [0.4, 0.5) is 10.1 Å². The Morgan fingerprint density at radius 3 is 2.52 bits per heavy atom. The molecule has 2 aromatic carbocycles. The predicted octanol–water partition coefficient (Wildman–Crippen LogP) is 3.86. The van der Waals surface area contributed by atoms with Crippen LogP contribution >= 0.6 is 0 Å². The van der Waals surface area contributed by atoms with E-state index in [1.165, 1.54) is 6.07 Å². The number of nitrogens with zero attached hydrogens (tertiary/aromatic N) is 1. The number of nitrogens with one attached hydrogen (secondary N) is 2. The number of halogens is 1. The van der Waals surface area contributed by atoms with Crippen LogP contribution in [0, 0.1) is 5.82 Å². The van der Waals surface area contributed by atoms with Gasteiger partial charge in [0.2, 0.25) is 0 Å². The third kappa shape index (κ3) is 5.78. The topological polar surface area (TPSA) is 63.2 Å². The van der Waals surface area contributed by atoms with Crippen molar-refractivity contribution in [1.29, 1.82) is 0 Å². The predicted molar refractivity (Wildman–Crippen MR) is 112 cm³/mol. The Kier molecular flexibility index (Phi) is 7.16. The van der Waals surface area contributed by atoms with Gasteiger partial charge in [0.05, 0.1) is 7.11 Å². The monoisotopic (exact) mass is 393 g/mol. The van der Waals surface area contributed by atoms with E-state index in [0.717, 1.165) is 17.0 Å². The van der Waals surface area contributed by atoms with Crippen LogP contribution < -0.4 is 15.4 Å². The molecule has 0 aliphatic rings. The van der Waals surface area contributed by atoms with Crippen LogP contribution in [0.2, 0.25) is 0 Å². The molecule has 0 bridgehead atoms. The Morgan fingerprint density at radius 2 is 1.72 bits per heavy atom. The molecular formula is C23H24FN3O2. The van der Waals surface area contributed by atoms with Crippen molar-refractivity contribution in [2.45, 2.75) is 12.8 Å². The second-order valence-corrected chi connectivity index (χ2v) is 6.52. The molecule has 0 spiro atoms. The van der Waals surface area contributed by atoms with E-state index in [9.17, 15) is 9.18 Å². The SMILES string of the molecule is COc1ccccc1CCNC(=O)c1cc(NCCc2ccccc2F)ccn1. The van der Waals surface area contributed by atoms with Crippen molar-refractivity contribution >= 4 is 11.6 Å². The molecule has 150 valence electrons. The lowest BCUT2D eigenvalue weighted by Crippen LogP contribution is -2.26. The second kappa shape index (κ2) is 10.2. The highest BCUT2D eigenvalue weighted by Gasteiger charge is 2.09. The van der Waals surface area contributed by atoms with Crippen LogP contribution in [0.5, 0.6) is 5.75 Å². The zero-order chi connectivity index (χ0) is 20.5. The van der Waals surface area contributed by atoms with Crippen LogP contribution in [-0.2, 0) is 12.8 Å². The number of benzene rings is 2. The minimum Gasteiger partial charge on any atom is -0.496 e. The average Bonchev–Trinajstić information content (AvgIpc) is 2.75. The van der Waals surface area contributed by atoms with E-state index in [4.69, 9.17) is 4.74 Å². The van der Waals surface area contributed by atoms with E-state index >= 15 is 0 Å². The van der Waals surface area contributed by atoms with Gasteiger partial charge in [0, 0.05) is 25.0 Å². The number of pyridine rings is 1. The van der Waals surface area contributed by atoms with Gasteiger partial charge in [-0.2, -0.15) is 0 Å². The summed E-state index contributed by atoms with van der Waals surface area (Å²) in [5, 5.41) is 6.09. The van der Waals surface area contributed by atoms with Crippen LogP contribution in [0.1, 0.15) is 21.6 Å². The first-order valence-electron chi connectivity index (χ1n) is 9.51. The Morgan fingerprint density at radius 1 is 1.00 bits per heavy atom. The highest BCUT2D eigenvalue weighted by atomic mass is 19.1. The van der Waals surface area contributed by atoms with Crippen LogP contribution in [0.3, 0.4) is 0 Å². The summed E-state index contributed by atoms with van der Waals surface area (Å²) < 4.78 is 19.0. The van der Waals surface area contributed by atoms with Gasteiger partial charge < -0.3 is 15.4 Å². The van der Waals surface area contributed by atoms with Crippen molar-refractivity contribution in [1.82, 2.24) is 10.3 Å². The zero-order valence-electron chi connectivity index (χ0n) is 16.3. The molecule has 0 atom stereocenters. The minimum absolute atomic E-state index is 0.209. The van der Waals surface area contributed by atoms with Gasteiger partial charge >= 0.3 is 0 Å². The van der Waals surface area contributed by atoms with Crippen molar-refractivity contribution < 1.29 is 13.9 Å². The molecule has 1 aromatic heterocycles.